The van der Waals surface area contributed by atoms with Crippen molar-refractivity contribution in [2.75, 3.05) is 19.0 Å². The Balaban J connectivity index is 1.81. The van der Waals surface area contributed by atoms with Gasteiger partial charge in [-0.2, -0.15) is 0 Å². The van der Waals surface area contributed by atoms with Gasteiger partial charge in [0, 0.05) is 11.8 Å². The van der Waals surface area contributed by atoms with Crippen LogP contribution in [-0.4, -0.2) is 25.8 Å². The zero-order valence-corrected chi connectivity index (χ0v) is 14.6. The quantitative estimate of drug-likeness (QED) is 0.845. The molecule has 5 heteroatoms. The molecule has 0 bridgehead atoms. The molecule has 0 saturated carbocycles. The minimum Gasteiger partial charge on any atom is -0.497 e. The van der Waals surface area contributed by atoms with Crippen LogP contribution in [-0.2, 0) is 0 Å². The summed E-state index contributed by atoms with van der Waals surface area (Å²) in [4.78, 5) is 12.0. The van der Waals surface area contributed by atoms with Crippen molar-refractivity contribution in [2.24, 2.45) is 0 Å². The second kappa shape index (κ2) is 8.24. The monoisotopic (exact) mass is 328 g/mol. The highest BCUT2D eigenvalue weighted by molar-refractivity contribution is 5.89. The van der Waals surface area contributed by atoms with E-state index in [2.05, 4.69) is 17.6 Å². The Morgan fingerprint density at radius 2 is 1.88 bits per heavy atom. The average molecular weight is 328 g/mol. The summed E-state index contributed by atoms with van der Waals surface area (Å²) in [5.41, 5.74) is 3.09. The normalized spacial score (nSPS) is 11.5. The molecular weight excluding hydrogens is 304 g/mol. The maximum absolute atomic E-state index is 12.0. The molecule has 1 atom stereocenters. The van der Waals surface area contributed by atoms with E-state index in [-0.39, 0.29) is 12.1 Å². The van der Waals surface area contributed by atoms with Crippen LogP contribution in [0.3, 0.4) is 0 Å². The molecule has 0 aromatic heterocycles. The van der Waals surface area contributed by atoms with Gasteiger partial charge in [0.1, 0.15) is 18.1 Å². The maximum Gasteiger partial charge on any atom is 0.319 e. The van der Waals surface area contributed by atoms with Gasteiger partial charge in [-0.25, -0.2) is 4.79 Å². The second-order valence-corrected chi connectivity index (χ2v) is 5.79. The number of anilines is 1. The van der Waals surface area contributed by atoms with Crippen LogP contribution in [0.4, 0.5) is 10.5 Å². The van der Waals surface area contributed by atoms with E-state index in [0.29, 0.717) is 18.0 Å². The number of nitrogens with one attached hydrogen (secondary N) is 2. The Bertz CT molecular complexity index is 701. The lowest BCUT2D eigenvalue weighted by atomic mass is 10.1. The highest BCUT2D eigenvalue weighted by Crippen LogP contribution is 2.17. The van der Waals surface area contributed by atoms with Crippen molar-refractivity contribution < 1.29 is 14.3 Å². The SMILES string of the molecule is COc1cccc(NC(=O)N[C@@H](C)COc2ccc(C)c(C)c2)c1. The first-order chi connectivity index (χ1) is 11.5. The number of hydrogen-bond acceptors (Lipinski definition) is 3. The van der Waals surface area contributed by atoms with E-state index in [4.69, 9.17) is 9.47 Å². The second-order valence-electron chi connectivity index (χ2n) is 5.79. The number of carbonyl (C=O) groups is 1. The summed E-state index contributed by atoms with van der Waals surface area (Å²) in [7, 11) is 1.59. The van der Waals surface area contributed by atoms with E-state index in [0.717, 1.165) is 5.75 Å². The molecule has 0 heterocycles. The van der Waals surface area contributed by atoms with Gasteiger partial charge in [0.05, 0.1) is 13.2 Å². The molecule has 0 spiro atoms. The molecule has 0 radical (unpaired) electrons. The molecule has 0 saturated heterocycles. The van der Waals surface area contributed by atoms with Crippen molar-refractivity contribution in [1.82, 2.24) is 5.32 Å². The maximum atomic E-state index is 12.0. The minimum absolute atomic E-state index is 0.128. The Morgan fingerprint density at radius 3 is 2.58 bits per heavy atom. The fourth-order valence-electron chi connectivity index (χ4n) is 2.16. The lowest BCUT2D eigenvalue weighted by molar-refractivity contribution is 0.236. The third-order valence-corrected chi connectivity index (χ3v) is 3.68. The van der Waals surface area contributed by atoms with Gasteiger partial charge in [-0.3, -0.25) is 0 Å². The number of amides is 2. The molecule has 0 aliphatic carbocycles. The first-order valence-corrected chi connectivity index (χ1v) is 7.89. The molecule has 2 rings (SSSR count). The lowest BCUT2D eigenvalue weighted by Crippen LogP contribution is -2.39. The average Bonchev–Trinajstić information content (AvgIpc) is 2.56. The molecule has 24 heavy (non-hydrogen) atoms. The van der Waals surface area contributed by atoms with Gasteiger partial charge in [-0.15, -0.1) is 0 Å². The molecule has 2 N–H and O–H groups in total. The van der Waals surface area contributed by atoms with Crippen LogP contribution < -0.4 is 20.1 Å². The van der Waals surface area contributed by atoms with Crippen LogP contribution in [0.25, 0.3) is 0 Å². The molecule has 2 aromatic rings. The van der Waals surface area contributed by atoms with Crippen LogP contribution in [0.5, 0.6) is 11.5 Å². The summed E-state index contributed by atoms with van der Waals surface area (Å²) in [6, 6.07) is 12.8. The van der Waals surface area contributed by atoms with Crippen LogP contribution >= 0.6 is 0 Å². The smallest absolute Gasteiger partial charge is 0.319 e. The molecule has 2 amide bonds. The number of urea groups is 1. The zero-order valence-electron chi connectivity index (χ0n) is 14.6. The van der Waals surface area contributed by atoms with Crippen LogP contribution in [0, 0.1) is 13.8 Å². The first kappa shape index (κ1) is 17.7. The van der Waals surface area contributed by atoms with Gasteiger partial charge in [-0.1, -0.05) is 12.1 Å². The third-order valence-electron chi connectivity index (χ3n) is 3.68. The highest BCUT2D eigenvalue weighted by atomic mass is 16.5. The molecule has 0 aliphatic rings. The molecule has 128 valence electrons. The Hall–Kier alpha value is -2.69. The summed E-state index contributed by atoms with van der Waals surface area (Å²) >= 11 is 0. The molecule has 2 aromatic carbocycles. The topological polar surface area (TPSA) is 59.6 Å². The summed E-state index contributed by atoms with van der Waals surface area (Å²) in [6.07, 6.45) is 0. The van der Waals surface area contributed by atoms with E-state index in [1.165, 1.54) is 11.1 Å². The summed E-state index contributed by atoms with van der Waals surface area (Å²) in [5, 5.41) is 5.62. The van der Waals surface area contributed by atoms with Gasteiger partial charge in [0.25, 0.3) is 0 Å². The predicted octanol–water partition coefficient (Wildman–Crippen LogP) is 3.90. The number of methoxy groups -OCH3 is 1. The zero-order chi connectivity index (χ0) is 17.5. The predicted molar refractivity (Wildman–Crippen MR) is 96.0 cm³/mol. The minimum atomic E-state index is -0.278. The van der Waals surface area contributed by atoms with E-state index in [9.17, 15) is 4.79 Å². The summed E-state index contributed by atoms with van der Waals surface area (Å²) < 4.78 is 10.9. The van der Waals surface area contributed by atoms with Crippen LogP contribution in [0.1, 0.15) is 18.1 Å². The highest BCUT2D eigenvalue weighted by Gasteiger charge is 2.09. The van der Waals surface area contributed by atoms with Crippen molar-refractivity contribution in [3.8, 4) is 11.5 Å². The van der Waals surface area contributed by atoms with E-state index < -0.39 is 0 Å². The van der Waals surface area contributed by atoms with E-state index >= 15 is 0 Å². The van der Waals surface area contributed by atoms with Gasteiger partial charge < -0.3 is 20.1 Å². The molecular formula is C19H24N2O3. The molecule has 0 fully saturated rings. The fraction of sp³-hybridized carbons (Fsp3) is 0.316. The van der Waals surface area contributed by atoms with Gasteiger partial charge in [-0.05, 0) is 56.2 Å². The largest absolute Gasteiger partial charge is 0.497 e. The number of ether oxygens (including phenoxy) is 2. The van der Waals surface area contributed by atoms with Crippen molar-refractivity contribution >= 4 is 11.7 Å². The first-order valence-electron chi connectivity index (χ1n) is 7.89. The summed E-state index contributed by atoms with van der Waals surface area (Å²) in [5.74, 6) is 1.50. The third kappa shape index (κ3) is 5.19. The van der Waals surface area contributed by atoms with Crippen LogP contribution in [0.15, 0.2) is 42.5 Å². The number of carbonyl (C=O) groups excluding carboxylic acids is 1. The standard InChI is InChI=1S/C19H24N2O3/c1-13-8-9-18(10-14(13)2)24-12-15(3)20-19(22)21-16-6-5-7-17(11-16)23-4/h5-11,15H,12H2,1-4H3,(H2,20,21,22)/t15-/m0/s1. The van der Waals surface area contributed by atoms with E-state index in [1.54, 1.807) is 19.2 Å². The summed E-state index contributed by atoms with van der Waals surface area (Å²) in [6.45, 7) is 6.40. The molecule has 5 nitrogen and oxygen atoms in total. The Labute approximate surface area is 143 Å². The van der Waals surface area contributed by atoms with Gasteiger partial charge >= 0.3 is 6.03 Å². The van der Waals surface area contributed by atoms with Crippen molar-refractivity contribution in [3.05, 3.63) is 53.6 Å². The van der Waals surface area contributed by atoms with E-state index in [1.807, 2.05) is 44.2 Å². The number of hydrogen-bond donors (Lipinski definition) is 2. The lowest BCUT2D eigenvalue weighted by Gasteiger charge is -2.16. The molecule has 0 aliphatic heterocycles. The van der Waals surface area contributed by atoms with Crippen molar-refractivity contribution in [2.45, 2.75) is 26.8 Å². The molecule has 0 unspecified atom stereocenters. The fourth-order valence-corrected chi connectivity index (χ4v) is 2.16. The van der Waals surface area contributed by atoms with Gasteiger partial charge in [0.15, 0.2) is 0 Å². The van der Waals surface area contributed by atoms with Crippen LogP contribution in [0.2, 0.25) is 0 Å². The number of aryl methyl sites for hydroxylation is 2. The van der Waals surface area contributed by atoms with Crippen molar-refractivity contribution in [1.29, 1.82) is 0 Å². The van der Waals surface area contributed by atoms with Crippen molar-refractivity contribution in [3.63, 3.8) is 0 Å². The Kier molecular flexibility index (Phi) is 6.07. The number of rotatable bonds is 6. The van der Waals surface area contributed by atoms with Gasteiger partial charge in [0.2, 0.25) is 0 Å². The Morgan fingerprint density at radius 1 is 1.08 bits per heavy atom. The number of benzene rings is 2.